The minimum Gasteiger partial charge on any atom is -0.457 e. The number of carbonyl (C=O) groups is 2. The van der Waals surface area contributed by atoms with Gasteiger partial charge in [-0.2, -0.15) is 0 Å². The molecule has 0 bridgehead atoms. The van der Waals surface area contributed by atoms with Crippen molar-refractivity contribution in [1.29, 1.82) is 0 Å². The summed E-state index contributed by atoms with van der Waals surface area (Å²) in [5.74, 6) is 2.33. The van der Waals surface area contributed by atoms with E-state index >= 15 is 0 Å². The molecule has 2 amide bonds. The van der Waals surface area contributed by atoms with E-state index in [9.17, 15) is 9.59 Å². The highest BCUT2D eigenvalue weighted by atomic mass is 32.2. The predicted molar refractivity (Wildman–Crippen MR) is 147 cm³/mol. The van der Waals surface area contributed by atoms with E-state index in [2.05, 4.69) is 19.1 Å². The molecule has 6 rings (SSSR count). The van der Waals surface area contributed by atoms with Crippen LogP contribution in [0.3, 0.4) is 0 Å². The lowest BCUT2D eigenvalue weighted by Crippen LogP contribution is -2.27. The van der Waals surface area contributed by atoms with Crippen molar-refractivity contribution < 1.29 is 23.8 Å². The number of fused-ring (bicyclic) bond motifs is 1. The van der Waals surface area contributed by atoms with Gasteiger partial charge in [0, 0.05) is 6.07 Å². The second-order valence-electron chi connectivity index (χ2n) is 8.97. The molecule has 0 aliphatic carbocycles. The molecule has 188 valence electrons. The fourth-order valence-corrected chi connectivity index (χ4v) is 5.20. The van der Waals surface area contributed by atoms with Crippen LogP contribution in [0.2, 0.25) is 0 Å². The summed E-state index contributed by atoms with van der Waals surface area (Å²) < 4.78 is 16.6. The van der Waals surface area contributed by atoms with Crippen LogP contribution in [0.25, 0.3) is 17.2 Å². The van der Waals surface area contributed by atoms with Crippen molar-refractivity contribution in [2.45, 2.75) is 13.5 Å². The Kier molecular flexibility index (Phi) is 6.35. The van der Waals surface area contributed by atoms with Crippen molar-refractivity contribution in [2.75, 3.05) is 6.79 Å². The zero-order chi connectivity index (χ0) is 26.1. The van der Waals surface area contributed by atoms with E-state index in [1.807, 2.05) is 66.7 Å². The predicted octanol–water partition coefficient (Wildman–Crippen LogP) is 7.42. The highest BCUT2D eigenvalue weighted by molar-refractivity contribution is 8.18. The third kappa shape index (κ3) is 4.88. The Labute approximate surface area is 224 Å². The lowest BCUT2D eigenvalue weighted by atomic mass is 9.99. The third-order valence-electron chi connectivity index (χ3n) is 6.38. The summed E-state index contributed by atoms with van der Waals surface area (Å²) in [6.45, 7) is 2.52. The van der Waals surface area contributed by atoms with Gasteiger partial charge in [0.25, 0.3) is 11.1 Å². The van der Waals surface area contributed by atoms with Crippen molar-refractivity contribution >= 4 is 29.0 Å². The molecule has 2 aliphatic rings. The number of thioether (sulfide) groups is 1. The molecule has 0 spiro atoms. The molecular weight excluding hydrogens is 498 g/mol. The molecule has 7 heteroatoms. The lowest BCUT2D eigenvalue weighted by molar-refractivity contribution is -0.123. The third-order valence-corrected chi connectivity index (χ3v) is 7.29. The van der Waals surface area contributed by atoms with E-state index in [1.54, 1.807) is 18.2 Å². The molecule has 0 unspecified atom stereocenters. The Morgan fingerprint density at radius 3 is 2.39 bits per heavy atom. The quantitative estimate of drug-likeness (QED) is 0.246. The van der Waals surface area contributed by atoms with Gasteiger partial charge in [0.15, 0.2) is 11.5 Å². The van der Waals surface area contributed by atoms with Gasteiger partial charge in [-0.15, -0.1) is 0 Å². The average Bonchev–Trinajstić information content (AvgIpc) is 3.50. The molecule has 0 saturated carbocycles. The van der Waals surface area contributed by atoms with Crippen molar-refractivity contribution in [3.05, 3.63) is 113 Å². The van der Waals surface area contributed by atoms with Crippen LogP contribution in [0.1, 0.15) is 16.7 Å². The first-order valence-corrected chi connectivity index (χ1v) is 12.9. The van der Waals surface area contributed by atoms with E-state index < -0.39 is 0 Å². The van der Waals surface area contributed by atoms with E-state index in [0.717, 1.165) is 28.5 Å². The van der Waals surface area contributed by atoms with E-state index in [1.165, 1.54) is 16.0 Å². The number of ether oxygens (including phenoxy) is 3. The molecule has 2 heterocycles. The summed E-state index contributed by atoms with van der Waals surface area (Å²) in [7, 11) is 0. The minimum absolute atomic E-state index is 0.207. The van der Waals surface area contributed by atoms with Gasteiger partial charge in [0.05, 0.1) is 11.4 Å². The lowest BCUT2D eigenvalue weighted by Gasteiger charge is -2.13. The summed E-state index contributed by atoms with van der Waals surface area (Å²) >= 11 is 0.958. The number of nitrogens with zero attached hydrogens (tertiary/aromatic N) is 1. The molecule has 38 heavy (non-hydrogen) atoms. The SMILES string of the molecule is Cc1ccccc1-c1ccc(CN2C(=O)S/C(=C\c3ccc(Oc4ccc5c(c4)OCO5)cc3)C2=O)cc1. The Balaban J connectivity index is 1.12. The number of imide groups is 1. The average molecular weight is 522 g/mol. The molecule has 4 aromatic carbocycles. The smallest absolute Gasteiger partial charge is 0.293 e. The molecule has 1 saturated heterocycles. The van der Waals surface area contributed by atoms with Crippen molar-refractivity contribution in [3.8, 4) is 34.1 Å². The number of aryl methyl sites for hydroxylation is 1. The largest absolute Gasteiger partial charge is 0.457 e. The number of rotatable bonds is 6. The Bertz CT molecular complexity index is 1560. The normalized spacial score (nSPS) is 15.4. The van der Waals surface area contributed by atoms with E-state index in [0.29, 0.717) is 27.9 Å². The van der Waals surface area contributed by atoms with Gasteiger partial charge >= 0.3 is 0 Å². The summed E-state index contributed by atoms with van der Waals surface area (Å²) in [4.78, 5) is 27.4. The van der Waals surface area contributed by atoms with E-state index in [-0.39, 0.29) is 24.5 Å². The zero-order valence-electron chi connectivity index (χ0n) is 20.5. The summed E-state index contributed by atoms with van der Waals surface area (Å²) in [6, 6.07) is 28.9. The maximum atomic E-state index is 13.0. The van der Waals surface area contributed by atoms with Crippen molar-refractivity contribution in [1.82, 2.24) is 4.90 Å². The molecule has 1 fully saturated rings. The Hall–Kier alpha value is -4.49. The second-order valence-corrected chi connectivity index (χ2v) is 9.96. The Morgan fingerprint density at radius 2 is 1.61 bits per heavy atom. The summed E-state index contributed by atoms with van der Waals surface area (Å²) in [6.07, 6.45) is 1.73. The number of hydrogen-bond donors (Lipinski definition) is 0. The van der Waals surface area contributed by atoms with Crippen LogP contribution in [-0.4, -0.2) is 22.8 Å². The minimum atomic E-state index is -0.288. The molecular formula is C31H23NO5S. The van der Waals surface area contributed by atoms with Gasteiger partial charge in [-0.3, -0.25) is 14.5 Å². The molecule has 0 radical (unpaired) electrons. The first-order valence-electron chi connectivity index (χ1n) is 12.1. The number of benzene rings is 4. The fraction of sp³-hybridized carbons (Fsp3) is 0.0968. The van der Waals surface area contributed by atoms with Crippen LogP contribution < -0.4 is 14.2 Å². The van der Waals surface area contributed by atoms with Crippen LogP contribution in [0.15, 0.2) is 95.9 Å². The van der Waals surface area contributed by atoms with Gasteiger partial charge in [0.2, 0.25) is 6.79 Å². The van der Waals surface area contributed by atoms with Gasteiger partial charge in [0.1, 0.15) is 11.5 Å². The highest BCUT2D eigenvalue weighted by Crippen LogP contribution is 2.37. The summed E-state index contributed by atoms with van der Waals surface area (Å²) in [5.41, 5.74) is 5.17. The van der Waals surface area contributed by atoms with Crippen LogP contribution in [0.4, 0.5) is 4.79 Å². The topological polar surface area (TPSA) is 65.1 Å². The highest BCUT2D eigenvalue weighted by Gasteiger charge is 2.35. The van der Waals surface area contributed by atoms with Gasteiger partial charge in [-0.05, 0) is 76.8 Å². The number of amides is 2. The van der Waals surface area contributed by atoms with Crippen molar-refractivity contribution in [2.24, 2.45) is 0 Å². The number of carbonyl (C=O) groups excluding carboxylic acids is 2. The first kappa shape index (κ1) is 23.9. The molecule has 6 nitrogen and oxygen atoms in total. The zero-order valence-corrected chi connectivity index (χ0v) is 21.4. The maximum absolute atomic E-state index is 13.0. The number of hydrogen-bond acceptors (Lipinski definition) is 6. The summed E-state index contributed by atoms with van der Waals surface area (Å²) in [5, 5.41) is -0.271. The van der Waals surface area contributed by atoms with Gasteiger partial charge in [-0.25, -0.2) is 0 Å². The maximum Gasteiger partial charge on any atom is 0.293 e. The molecule has 0 atom stereocenters. The van der Waals surface area contributed by atoms with Crippen LogP contribution in [0, 0.1) is 6.92 Å². The van der Waals surface area contributed by atoms with Crippen molar-refractivity contribution in [3.63, 3.8) is 0 Å². The Morgan fingerprint density at radius 1 is 0.868 bits per heavy atom. The molecule has 4 aromatic rings. The second kappa shape index (κ2) is 10.1. The molecule has 0 aromatic heterocycles. The van der Waals surface area contributed by atoms with Crippen LogP contribution in [-0.2, 0) is 11.3 Å². The van der Waals surface area contributed by atoms with Crippen LogP contribution >= 0.6 is 11.8 Å². The standard InChI is InChI=1S/C31H23NO5S/c1-20-4-2-3-5-26(20)23-10-6-22(7-11-23)18-32-30(33)29(38-31(32)34)16-21-8-12-24(13-9-21)37-25-14-15-27-28(17-25)36-19-35-27/h2-17H,18-19H2,1H3/b29-16-. The fourth-order valence-electron chi connectivity index (χ4n) is 4.37. The van der Waals surface area contributed by atoms with Crippen LogP contribution in [0.5, 0.6) is 23.0 Å². The first-order chi connectivity index (χ1) is 18.5. The molecule has 0 N–H and O–H groups in total. The van der Waals surface area contributed by atoms with Gasteiger partial charge < -0.3 is 14.2 Å². The van der Waals surface area contributed by atoms with Gasteiger partial charge in [-0.1, -0.05) is 60.7 Å². The monoisotopic (exact) mass is 521 g/mol. The van der Waals surface area contributed by atoms with E-state index in [4.69, 9.17) is 14.2 Å². The molecule has 2 aliphatic heterocycles.